The number of benzene rings is 1. The number of carbonyl (C=O) groups excluding carboxylic acids is 1. The van der Waals surface area contributed by atoms with Crippen LogP contribution in [-0.4, -0.2) is 26.3 Å². The number of nitrogens with zero attached hydrogens (tertiary/aromatic N) is 2. The van der Waals surface area contributed by atoms with Crippen molar-refractivity contribution in [1.82, 2.24) is 9.97 Å². The lowest BCUT2D eigenvalue weighted by atomic mass is 10.2. The zero-order chi connectivity index (χ0) is 19.3. The van der Waals surface area contributed by atoms with E-state index < -0.39 is 15.6 Å². The van der Waals surface area contributed by atoms with E-state index in [1.54, 1.807) is 36.4 Å². The fraction of sp³-hybridized carbons (Fsp3) is 0.0500. The number of pyridine rings is 2. The molecule has 134 valence electrons. The minimum Gasteiger partial charge on any atom is -0.328 e. The Kier molecular flexibility index (Phi) is 5.29. The fourth-order valence-electron chi connectivity index (χ4n) is 2.19. The second-order valence-electron chi connectivity index (χ2n) is 5.67. The van der Waals surface area contributed by atoms with Crippen LogP contribution in [0.5, 0.6) is 0 Å². The van der Waals surface area contributed by atoms with Gasteiger partial charge in [0.2, 0.25) is 5.56 Å². The van der Waals surface area contributed by atoms with Crippen molar-refractivity contribution < 1.29 is 9.00 Å². The Labute approximate surface area is 156 Å². The van der Waals surface area contributed by atoms with Gasteiger partial charge in [0, 0.05) is 46.9 Å². The molecule has 0 bridgehead atoms. The van der Waals surface area contributed by atoms with Crippen molar-refractivity contribution in [1.29, 1.82) is 0 Å². The first-order valence-corrected chi connectivity index (χ1v) is 9.84. The van der Waals surface area contributed by atoms with Gasteiger partial charge in [-0.15, -0.1) is 0 Å². The summed E-state index contributed by atoms with van der Waals surface area (Å²) in [6, 6.07) is 13.1. The molecule has 1 amide bonds. The molecule has 0 radical (unpaired) electrons. The number of amides is 1. The fourth-order valence-corrected chi connectivity index (χ4v) is 3.38. The molecule has 0 aliphatic rings. The van der Waals surface area contributed by atoms with Crippen molar-refractivity contribution in [3.63, 3.8) is 0 Å². The zero-order valence-electron chi connectivity index (χ0n) is 14.4. The van der Waals surface area contributed by atoms with Crippen molar-refractivity contribution in [2.75, 3.05) is 6.26 Å². The highest BCUT2D eigenvalue weighted by atomic mass is 32.2. The van der Waals surface area contributed by atoms with Crippen molar-refractivity contribution in [2.45, 2.75) is 4.90 Å². The van der Waals surface area contributed by atoms with Crippen molar-refractivity contribution in [3.8, 4) is 11.8 Å². The molecule has 7 heteroatoms. The molecule has 0 fully saturated rings. The third-order valence-corrected chi connectivity index (χ3v) is 5.22. The molecule has 1 N–H and O–H groups in total. The average molecular weight is 377 g/mol. The molecule has 3 rings (SSSR count). The highest BCUT2D eigenvalue weighted by Crippen LogP contribution is 2.13. The van der Waals surface area contributed by atoms with E-state index in [1.165, 1.54) is 37.0 Å². The number of nitrogens with one attached hydrogen (secondary N) is 1. The van der Waals surface area contributed by atoms with Crippen molar-refractivity contribution in [3.05, 3.63) is 94.2 Å². The largest absolute Gasteiger partial charge is 0.328 e. The summed E-state index contributed by atoms with van der Waals surface area (Å²) < 4.78 is 16.6. The summed E-state index contributed by atoms with van der Waals surface area (Å²) in [7, 11) is -2.85. The first-order chi connectivity index (χ1) is 12.9. The summed E-state index contributed by atoms with van der Waals surface area (Å²) >= 11 is 0. The highest BCUT2D eigenvalue weighted by Gasteiger charge is 2.11. The van der Waals surface area contributed by atoms with Crippen molar-refractivity contribution in [2.24, 2.45) is 4.36 Å². The maximum atomic E-state index is 12.7. The number of aromatic nitrogens is 2. The van der Waals surface area contributed by atoms with Crippen LogP contribution in [-0.2, 0) is 9.73 Å². The molecule has 27 heavy (non-hydrogen) atoms. The highest BCUT2D eigenvalue weighted by molar-refractivity contribution is 7.93. The van der Waals surface area contributed by atoms with Gasteiger partial charge in [-0.05, 0) is 24.3 Å². The third-order valence-electron chi connectivity index (χ3n) is 3.56. The Morgan fingerprint density at radius 2 is 1.81 bits per heavy atom. The quantitative estimate of drug-likeness (QED) is 0.695. The predicted molar refractivity (Wildman–Crippen MR) is 103 cm³/mol. The van der Waals surface area contributed by atoms with E-state index in [0.717, 1.165) is 0 Å². The molecule has 2 aromatic heterocycles. The van der Waals surface area contributed by atoms with Gasteiger partial charge in [-0.1, -0.05) is 30.0 Å². The zero-order valence-corrected chi connectivity index (χ0v) is 15.2. The van der Waals surface area contributed by atoms with Crippen LogP contribution in [0.15, 0.2) is 81.2 Å². The maximum Gasteiger partial charge on any atom is 0.286 e. The van der Waals surface area contributed by atoms with Gasteiger partial charge in [-0.2, -0.15) is 4.36 Å². The van der Waals surface area contributed by atoms with Crippen LogP contribution in [0.2, 0.25) is 0 Å². The van der Waals surface area contributed by atoms with E-state index >= 15 is 0 Å². The lowest BCUT2D eigenvalue weighted by Crippen LogP contribution is -2.04. The Morgan fingerprint density at radius 1 is 1.07 bits per heavy atom. The topological polar surface area (TPSA) is 92.2 Å². The summed E-state index contributed by atoms with van der Waals surface area (Å²) in [5.41, 5.74) is 1.12. The standard InChI is InChI=1S/C20H15N3O3S/c1-27(26,18-5-3-2-4-6-18)23-20(25)17-11-16(12-21-14-17)8-7-15-9-10-19(24)22-13-15/h2-6,9-14H,1H3,(H,22,24)/t27-/m1/s1. The van der Waals surface area contributed by atoms with Gasteiger partial charge in [0.05, 0.1) is 15.3 Å². The van der Waals surface area contributed by atoms with Gasteiger partial charge >= 0.3 is 0 Å². The summed E-state index contributed by atoms with van der Waals surface area (Å²) in [6.07, 6.45) is 5.79. The number of carbonyl (C=O) groups is 1. The van der Waals surface area contributed by atoms with E-state index in [0.29, 0.717) is 16.0 Å². The Bertz CT molecular complexity index is 1210. The van der Waals surface area contributed by atoms with E-state index in [1.807, 2.05) is 0 Å². The number of aromatic amines is 1. The number of rotatable bonds is 2. The molecule has 0 aliphatic carbocycles. The SMILES string of the molecule is C[S@](=O)(=NC(=O)c1cncc(C#Cc2ccc(=O)[nH]c2)c1)c1ccccc1. The van der Waals surface area contributed by atoms with Crippen LogP contribution < -0.4 is 5.56 Å². The van der Waals surface area contributed by atoms with E-state index in [-0.39, 0.29) is 11.1 Å². The molecule has 6 nitrogen and oxygen atoms in total. The van der Waals surface area contributed by atoms with Gasteiger partial charge < -0.3 is 4.98 Å². The first-order valence-electron chi connectivity index (χ1n) is 7.91. The summed E-state index contributed by atoms with van der Waals surface area (Å²) in [5, 5.41) is 0. The molecule has 0 unspecified atom stereocenters. The molecule has 1 aromatic carbocycles. The lowest BCUT2D eigenvalue weighted by Gasteiger charge is -2.03. The number of hydrogen-bond acceptors (Lipinski definition) is 4. The van der Waals surface area contributed by atoms with Crippen LogP contribution in [0, 0.1) is 11.8 Å². The Morgan fingerprint density at radius 3 is 2.52 bits per heavy atom. The van der Waals surface area contributed by atoms with Crippen molar-refractivity contribution >= 4 is 15.6 Å². The predicted octanol–water partition coefficient (Wildman–Crippen LogP) is 2.47. The van der Waals surface area contributed by atoms with Crippen LogP contribution in [0.25, 0.3) is 0 Å². The molecule has 0 spiro atoms. The average Bonchev–Trinajstić information content (AvgIpc) is 2.68. The Balaban J connectivity index is 1.88. The minimum absolute atomic E-state index is 0.203. The third kappa shape index (κ3) is 4.77. The van der Waals surface area contributed by atoms with Crippen LogP contribution in [0.3, 0.4) is 0 Å². The lowest BCUT2D eigenvalue weighted by molar-refractivity contribution is 0.100. The van der Waals surface area contributed by atoms with Gasteiger partial charge in [0.1, 0.15) is 0 Å². The minimum atomic E-state index is -2.85. The normalized spacial score (nSPS) is 12.3. The molecule has 3 aromatic rings. The summed E-state index contributed by atoms with van der Waals surface area (Å²) in [5.74, 6) is 5.12. The van der Waals surface area contributed by atoms with Crippen LogP contribution in [0.4, 0.5) is 0 Å². The van der Waals surface area contributed by atoms with Crippen LogP contribution >= 0.6 is 0 Å². The second-order valence-corrected chi connectivity index (χ2v) is 7.92. The van der Waals surface area contributed by atoms with E-state index in [2.05, 4.69) is 26.2 Å². The number of H-pyrrole nitrogens is 1. The molecule has 1 atom stereocenters. The van der Waals surface area contributed by atoms with Gasteiger partial charge in [-0.3, -0.25) is 14.6 Å². The summed E-state index contributed by atoms with van der Waals surface area (Å²) in [6.45, 7) is 0. The molecule has 0 saturated carbocycles. The molecular formula is C20H15N3O3S. The first kappa shape index (κ1) is 18.3. The smallest absolute Gasteiger partial charge is 0.286 e. The molecule has 2 heterocycles. The maximum absolute atomic E-state index is 12.7. The van der Waals surface area contributed by atoms with Gasteiger partial charge in [0.25, 0.3) is 5.91 Å². The molecular weight excluding hydrogens is 362 g/mol. The molecule has 0 saturated heterocycles. The van der Waals surface area contributed by atoms with Crippen LogP contribution in [0.1, 0.15) is 21.5 Å². The second kappa shape index (κ2) is 7.81. The summed E-state index contributed by atoms with van der Waals surface area (Å²) in [4.78, 5) is 30.5. The van der Waals surface area contributed by atoms with E-state index in [4.69, 9.17) is 0 Å². The van der Waals surface area contributed by atoms with Gasteiger partial charge in [-0.25, -0.2) is 4.21 Å². The number of hydrogen-bond donors (Lipinski definition) is 1. The van der Waals surface area contributed by atoms with E-state index in [9.17, 15) is 13.8 Å². The van der Waals surface area contributed by atoms with Gasteiger partial charge in [0.15, 0.2) is 0 Å². The monoisotopic (exact) mass is 377 g/mol. The molecule has 0 aliphatic heterocycles. The Hall–Kier alpha value is -3.50.